The number of amides is 1. The van der Waals surface area contributed by atoms with E-state index in [0.29, 0.717) is 28.1 Å². The molecule has 7 nitrogen and oxygen atoms in total. The van der Waals surface area contributed by atoms with E-state index < -0.39 is 0 Å². The average Bonchev–Trinajstić information content (AvgIpc) is 3.03. The van der Waals surface area contributed by atoms with Gasteiger partial charge in [0.15, 0.2) is 5.76 Å². The maximum atomic E-state index is 11.5. The second-order valence-electron chi connectivity index (χ2n) is 3.90. The Kier molecular flexibility index (Phi) is 3.00. The Morgan fingerprint density at radius 2 is 2.42 bits per heavy atom. The van der Waals surface area contributed by atoms with Gasteiger partial charge >= 0.3 is 0 Å². The van der Waals surface area contributed by atoms with E-state index in [0.717, 1.165) is 6.42 Å². The van der Waals surface area contributed by atoms with Crippen LogP contribution in [0.2, 0.25) is 0 Å². The number of carbonyl (C=O) groups excluding carboxylic acids is 1. The molecule has 3 rings (SSSR count). The number of aromatic nitrogens is 4. The van der Waals surface area contributed by atoms with Crippen LogP contribution in [0.4, 0.5) is 5.13 Å². The van der Waals surface area contributed by atoms with Crippen LogP contribution in [-0.4, -0.2) is 25.7 Å². The van der Waals surface area contributed by atoms with Gasteiger partial charge in [-0.2, -0.15) is 4.52 Å². The highest BCUT2D eigenvalue weighted by atomic mass is 32.1. The van der Waals surface area contributed by atoms with Crippen LogP contribution in [-0.2, 0) is 4.79 Å². The van der Waals surface area contributed by atoms with Crippen molar-refractivity contribution in [2.75, 3.05) is 5.32 Å². The molecular formula is C11H11N5O2S. The fourth-order valence-corrected chi connectivity index (χ4v) is 2.39. The smallest absolute Gasteiger partial charge is 0.236 e. The van der Waals surface area contributed by atoms with Gasteiger partial charge in [0.25, 0.3) is 0 Å². The molecule has 1 amide bonds. The topological polar surface area (TPSA) is 85.3 Å². The number of fused-ring (bicyclic) bond motifs is 1. The molecule has 0 aliphatic carbocycles. The Balaban J connectivity index is 1.92. The molecule has 0 aromatic carbocycles. The number of hydrogen-bond donors (Lipinski definition) is 1. The molecule has 0 spiro atoms. The van der Waals surface area contributed by atoms with E-state index in [2.05, 4.69) is 20.6 Å². The number of hydrogen-bond acceptors (Lipinski definition) is 6. The summed E-state index contributed by atoms with van der Waals surface area (Å²) in [6, 6.07) is 3.55. The summed E-state index contributed by atoms with van der Waals surface area (Å²) >= 11 is 1.27. The van der Waals surface area contributed by atoms with Crippen LogP contribution in [0.5, 0.6) is 0 Å². The third-order valence-corrected chi connectivity index (χ3v) is 3.27. The van der Waals surface area contributed by atoms with Crippen molar-refractivity contribution in [1.82, 2.24) is 19.8 Å². The van der Waals surface area contributed by atoms with Crippen LogP contribution in [0.25, 0.3) is 16.5 Å². The quantitative estimate of drug-likeness (QED) is 0.790. The Morgan fingerprint density at radius 3 is 3.16 bits per heavy atom. The lowest BCUT2D eigenvalue weighted by atomic mass is 10.3. The minimum atomic E-state index is -0.0491. The van der Waals surface area contributed by atoms with E-state index in [1.54, 1.807) is 22.9 Å². The number of carbonyl (C=O) groups is 1. The molecule has 3 heterocycles. The van der Waals surface area contributed by atoms with Gasteiger partial charge in [0.2, 0.25) is 21.8 Å². The van der Waals surface area contributed by atoms with Crippen molar-refractivity contribution in [2.24, 2.45) is 0 Å². The van der Waals surface area contributed by atoms with Gasteiger partial charge in [0.1, 0.15) is 0 Å². The first-order valence-electron chi connectivity index (χ1n) is 5.84. The second-order valence-corrected chi connectivity index (χ2v) is 4.86. The van der Waals surface area contributed by atoms with E-state index in [1.165, 1.54) is 11.3 Å². The minimum Gasteiger partial charge on any atom is -0.461 e. The summed E-state index contributed by atoms with van der Waals surface area (Å²) in [5.74, 6) is 1.06. The maximum absolute atomic E-state index is 11.5. The van der Waals surface area contributed by atoms with Crippen molar-refractivity contribution in [2.45, 2.75) is 19.8 Å². The Hall–Kier alpha value is -2.22. The normalized spacial score (nSPS) is 11.0. The SMILES string of the molecule is CCCC(=O)Nc1nn2c(-c3ccco3)nnc2s1. The molecule has 3 aromatic heterocycles. The Labute approximate surface area is 112 Å². The molecule has 8 heteroatoms. The van der Waals surface area contributed by atoms with E-state index in [4.69, 9.17) is 4.42 Å². The molecule has 0 unspecified atom stereocenters. The zero-order chi connectivity index (χ0) is 13.2. The van der Waals surface area contributed by atoms with Gasteiger partial charge in [0.05, 0.1) is 6.26 Å². The van der Waals surface area contributed by atoms with Crippen molar-refractivity contribution in [3.05, 3.63) is 18.4 Å². The maximum Gasteiger partial charge on any atom is 0.236 e. The molecule has 0 bridgehead atoms. The summed E-state index contributed by atoms with van der Waals surface area (Å²) in [6.07, 6.45) is 2.84. The van der Waals surface area contributed by atoms with Gasteiger partial charge in [-0.15, -0.1) is 15.3 Å². The first kappa shape index (κ1) is 11.8. The molecule has 3 aromatic rings. The first-order chi connectivity index (χ1) is 9.28. The molecule has 0 radical (unpaired) electrons. The number of rotatable bonds is 4. The Morgan fingerprint density at radius 1 is 1.53 bits per heavy atom. The molecule has 0 fully saturated rings. The highest BCUT2D eigenvalue weighted by Gasteiger charge is 2.15. The highest BCUT2D eigenvalue weighted by Crippen LogP contribution is 2.24. The largest absolute Gasteiger partial charge is 0.461 e. The molecule has 98 valence electrons. The lowest BCUT2D eigenvalue weighted by Crippen LogP contribution is -2.10. The molecule has 0 saturated heterocycles. The predicted molar refractivity (Wildman–Crippen MR) is 69.9 cm³/mol. The number of anilines is 1. The minimum absolute atomic E-state index is 0.0491. The summed E-state index contributed by atoms with van der Waals surface area (Å²) in [7, 11) is 0. The molecule has 0 atom stereocenters. The Bertz CT molecular complexity index is 700. The fraction of sp³-hybridized carbons (Fsp3) is 0.273. The number of nitrogens with one attached hydrogen (secondary N) is 1. The van der Waals surface area contributed by atoms with E-state index in [9.17, 15) is 4.79 Å². The molecule has 19 heavy (non-hydrogen) atoms. The summed E-state index contributed by atoms with van der Waals surface area (Å²) in [4.78, 5) is 12.1. The van der Waals surface area contributed by atoms with Gasteiger partial charge < -0.3 is 9.73 Å². The molecular weight excluding hydrogens is 266 g/mol. The third-order valence-electron chi connectivity index (χ3n) is 2.46. The van der Waals surface area contributed by atoms with Crippen molar-refractivity contribution >= 4 is 27.3 Å². The lowest BCUT2D eigenvalue weighted by Gasteiger charge is -1.97. The van der Waals surface area contributed by atoms with Crippen LogP contribution in [0.3, 0.4) is 0 Å². The number of nitrogens with zero attached hydrogens (tertiary/aromatic N) is 4. The summed E-state index contributed by atoms with van der Waals surface area (Å²) < 4.78 is 6.83. The van der Waals surface area contributed by atoms with Gasteiger partial charge in [0, 0.05) is 6.42 Å². The second kappa shape index (κ2) is 4.81. The fourth-order valence-electron chi connectivity index (χ4n) is 1.64. The number of furan rings is 1. The first-order valence-corrected chi connectivity index (χ1v) is 6.65. The average molecular weight is 277 g/mol. The molecule has 0 saturated carbocycles. The van der Waals surface area contributed by atoms with E-state index >= 15 is 0 Å². The van der Waals surface area contributed by atoms with Crippen molar-refractivity contribution in [3.63, 3.8) is 0 Å². The van der Waals surface area contributed by atoms with Gasteiger partial charge in [-0.3, -0.25) is 4.79 Å². The lowest BCUT2D eigenvalue weighted by molar-refractivity contribution is -0.116. The van der Waals surface area contributed by atoms with Crippen molar-refractivity contribution < 1.29 is 9.21 Å². The molecule has 0 aliphatic heterocycles. The van der Waals surface area contributed by atoms with Crippen LogP contribution >= 0.6 is 11.3 Å². The van der Waals surface area contributed by atoms with Gasteiger partial charge in [-0.1, -0.05) is 18.3 Å². The molecule has 0 aliphatic rings. The van der Waals surface area contributed by atoms with Crippen LogP contribution in [0.1, 0.15) is 19.8 Å². The summed E-state index contributed by atoms with van der Waals surface area (Å²) in [6.45, 7) is 1.95. The molecule has 1 N–H and O–H groups in total. The zero-order valence-corrected chi connectivity index (χ0v) is 11.0. The van der Waals surface area contributed by atoms with Crippen molar-refractivity contribution in [3.8, 4) is 11.6 Å². The van der Waals surface area contributed by atoms with Gasteiger partial charge in [-0.05, 0) is 18.6 Å². The van der Waals surface area contributed by atoms with Crippen LogP contribution < -0.4 is 5.32 Å². The monoisotopic (exact) mass is 277 g/mol. The van der Waals surface area contributed by atoms with Gasteiger partial charge in [-0.25, -0.2) is 0 Å². The van der Waals surface area contributed by atoms with Crippen molar-refractivity contribution in [1.29, 1.82) is 0 Å². The summed E-state index contributed by atoms with van der Waals surface area (Å²) in [5, 5.41) is 15.5. The van der Waals surface area contributed by atoms with E-state index in [1.807, 2.05) is 6.92 Å². The van der Waals surface area contributed by atoms with E-state index in [-0.39, 0.29) is 5.91 Å². The summed E-state index contributed by atoms with van der Waals surface area (Å²) in [5.41, 5.74) is 0. The zero-order valence-electron chi connectivity index (χ0n) is 10.2. The van der Waals surface area contributed by atoms with Crippen LogP contribution in [0.15, 0.2) is 22.8 Å². The third kappa shape index (κ3) is 2.22. The predicted octanol–water partition coefficient (Wildman–Crippen LogP) is 2.18. The van der Waals surface area contributed by atoms with Crippen LogP contribution in [0, 0.1) is 0 Å². The standard InChI is InChI=1S/C11H11N5O2S/c1-2-4-8(17)12-10-15-16-9(7-5-3-6-18-7)13-14-11(16)19-10/h3,5-6H,2,4H2,1H3,(H,12,15,17). The highest BCUT2D eigenvalue weighted by molar-refractivity contribution is 7.20.